The number of halogens is 2. The minimum absolute atomic E-state index is 0.0165. The number of carbonyl (C=O) groups is 2. The molecule has 0 saturated carbocycles. The van der Waals surface area contributed by atoms with Crippen LogP contribution < -0.4 is 10.6 Å². The molecule has 0 fully saturated rings. The van der Waals surface area contributed by atoms with Crippen molar-refractivity contribution in [2.24, 2.45) is 0 Å². The van der Waals surface area contributed by atoms with Crippen LogP contribution >= 0.6 is 11.6 Å². The Labute approximate surface area is 118 Å². The lowest BCUT2D eigenvalue weighted by molar-refractivity contribution is -0.105. The summed E-state index contributed by atoms with van der Waals surface area (Å²) in [5, 5.41) is 4.84. The van der Waals surface area contributed by atoms with Crippen LogP contribution in [0.5, 0.6) is 0 Å². The summed E-state index contributed by atoms with van der Waals surface area (Å²) in [7, 11) is 0. The molecule has 0 saturated heterocycles. The summed E-state index contributed by atoms with van der Waals surface area (Å²) >= 11 is 5.80. The van der Waals surface area contributed by atoms with Crippen LogP contribution in [0.25, 0.3) is 0 Å². The molecule has 2 aromatic rings. The minimum atomic E-state index is -0.713. The third kappa shape index (κ3) is 3.10. The van der Waals surface area contributed by atoms with Crippen molar-refractivity contribution in [1.82, 2.24) is 4.98 Å². The van der Waals surface area contributed by atoms with Gasteiger partial charge in [-0.25, -0.2) is 9.37 Å². The summed E-state index contributed by atoms with van der Waals surface area (Å²) in [5.41, 5.74) is 0.115. The molecular formula is C13H9ClFN3O2. The summed E-state index contributed by atoms with van der Waals surface area (Å²) < 4.78 is 13.6. The van der Waals surface area contributed by atoms with Gasteiger partial charge in [0, 0.05) is 18.0 Å². The Morgan fingerprint density at radius 2 is 2.15 bits per heavy atom. The molecule has 0 bridgehead atoms. The first-order chi connectivity index (χ1) is 9.61. The molecule has 20 heavy (non-hydrogen) atoms. The second kappa shape index (κ2) is 6.12. The SMILES string of the molecule is O=CNc1cc(NC(=O)c2c(F)cccc2Cl)ccn1. The smallest absolute Gasteiger partial charge is 0.260 e. The predicted octanol–water partition coefficient (Wildman–Crippen LogP) is 2.69. The van der Waals surface area contributed by atoms with Gasteiger partial charge in [0.15, 0.2) is 0 Å². The first-order valence-electron chi connectivity index (χ1n) is 5.53. The van der Waals surface area contributed by atoms with E-state index in [2.05, 4.69) is 15.6 Å². The first kappa shape index (κ1) is 14.0. The number of nitrogens with one attached hydrogen (secondary N) is 2. The fourth-order valence-corrected chi connectivity index (χ4v) is 1.80. The van der Waals surface area contributed by atoms with Crippen LogP contribution in [0.1, 0.15) is 10.4 Å². The lowest BCUT2D eigenvalue weighted by atomic mass is 10.2. The number of anilines is 2. The fourth-order valence-electron chi connectivity index (χ4n) is 1.56. The highest BCUT2D eigenvalue weighted by molar-refractivity contribution is 6.34. The Morgan fingerprint density at radius 3 is 2.85 bits per heavy atom. The monoisotopic (exact) mass is 293 g/mol. The molecular weight excluding hydrogens is 285 g/mol. The number of benzene rings is 1. The molecule has 0 unspecified atom stereocenters. The Kier molecular flexibility index (Phi) is 4.27. The molecule has 5 nitrogen and oxygen atoms in total. The van der Waals surface area contributed by atoms with E-state index in [0.717, 1.165) is 6.07 Å². The molecule has 1 heterocycles. The molecule has 0 radical (unpaired) electrons. The van der Waals surface area contributed by atoms with Crippen LogP contribution in [-0.2, 0) is 4.79 Å². The average Bonchev–Trinajstić information content (AvgIpc) is 2.39. The molecule has 2 N–H and O–H groups in total. The molecule has 1 aromatic heterocycles. The molecule has 7 heteroatoms. The zero-order valence-corrected chi connectivity index (χ0v) is 10.8. The third-order valence-corrected chi connectivity index (χ3v) is 2.73. The van der Waals surface area contributed by atoms with E-state index in [9.17, 15) is 14.0 Å². The Hall–Kier alpha value is -2.47. The van der Waals surface area contributed by atoms with Gasteiger partial charge in [0.2, 0.25) is 6.41 Å². The summed E-state index contributed by atoms with van der Waals surface area (Å²) in [6, 6.07) is 6.91. The highest BCUT2D eigenvalue weighted by Crippen LogP contribution is 2.21. The quantitative estimate of drug-likeness (QED) is 0.851. The number of carbonyl (C=O) groups excluding carboxylic acids is 2. The van der Waals surface area contributed by atoms with Gasteiger partial charge in [-0.2, -0.15) is 0 Å². The molecule has 0 aliphatic carbocycles. The molecule has 0 spiro atoms. The number of rotatable bonds is 4. The largest absolute Gasteiger partial charge is 0.322 e. The van der Waals surface area contributed by atoms with Gasteiger partial charge in [-0.3, -0.25) is 9.59 Å². The molecule has 2 rings (SSSR count). The van der Waals surface area contributed by atoms with Gasteiger partial charge in [0.1, 0.15) is 11.6 Å². The van der Waals surface area contributed by atoms with Crippen LogP contribution in [0.4, 0.5) is 15.9 Å². The van der Waals surface area contributed by atoms with E-state index in [1.54, 1.807) is 0 Å². The van der Waals surface area contributed by atoms with Gasteiger partial charge in [0.25, 0.3) is 5.91 Å². The predicted molar refractivity (Wildman–Crippen MR) is 73.3 cm³/mol. The van der Waals surface area contributed by atoms with Gasteiger partial charge < -0.3 is 10.6 Å². The molecule has 102 valence electrons. The average molecular weight is 294 g/mol. The van der Waals surface area contributed by atoms with E-state index in [1.165, 1.54) is 30.5 Å². The van der Waals surface area contributed by atoms with Crippen LogP contribution in [-0.4, -0.2) is 17.3 Å². The topological polar surface area (TPSA) is 71.1 Å². The van der Waals surface area contributed by atoms with Crippen LogP contribution in [0.3, 0.4) is 0 Å². The van der Waals surface area contributed by atoms with Crippen molar-refractivity contribution in [3.63, 3.8) is 0 Å². The lowest BCUT2D eigenvalue weighted by Gasteiger charge is -2.08. The number of hydrogen-bond donors (Lipinski definition) is 2. The van der Waals surface area contributed by atoms with Crippen LogP contribution in [0.2, 0.25) is 5.02 Å². The minimum Gasteiger partial charge on any atom is -0.322 e. The Balaban J connectivity index is 2.23. The maximum atomic E-state index is 13.6. The van der Waals surface area contributed by atoms with Crippen molar-refractivity contribution in [1.29, 1.82) is 0 Å². The zero-order chi connectivity index (χ0) is 14.5. The highest BCUT2D eigenvalue weighted by atomic mass is 35.5. The Bertz CT molecular complexity index is 644. The number of pyridine rings is 1. The molecule has 1 aromatic carbocycles. The van der Waals surface area contributed by atoms with Crippen molar-refractivity contribution in [2.45, 2.75) is 0 Å². The van der Waals surface area contributed by atoms with Gasteiger partial charge >= 0.3 is 0 Å². The van der Waals surface area contributed by atoms with Crippen LogP contribution in [0, 0.1) is 5.82 Å². The maximum Gasteiger partial charge on any atom is 0.260 e. The first-order valence-corrected chi connectivity index (χ1v) is 5.91. The van der Waals surface area contributed by atoms with Crippen molar-refractivity contribution >= 4 is 35.4 Å². The third-order valence-electron chi connectivity index (χ3n) is 2.41. The number of nitrogens with zero attached hydrogens (tertiary/aromatic N) is 1. The van der Waals surface area contributed by atoms with Gasteiger partial charge in [0.05, 0.1) is 10.6 Å². The van der Waals surface area contributed by atoms with Crippen molar-refractivity contribution in [2.75, 3.05) is 10.6 Å². The molecule has 0 aliphatic heterocycles. The van der Waals surface area contributed by atoms with E-state index in [0.29, 0.717) is 12.1 Å². The van der Waals surface area contributed by atoms with E-state index < -0.39 is 11.7 Å². The molecule has 0 aliphatic rings. The van der Waals surface area contributed by atoms with Crippen LogP contribution in [0.15, 0.2) is 36.5 Å². The maximum absolute atomic E-state index is 13.6. The molecule has 2 amide bonds. The summed E-state index contributed by atoms with van der Waals surface area (Å²) in [6.07, 6.45) is 1.85. The van der Waals surface area contributed by atoms with E-state index in [-0.39, 0.29) is 16.4 Å². The fraction of sp³-hybridized carbons (Fsp3) is 0. The van der Waals surface area contributed by atoms with Crippen molar-refractivity contribution in [3.05, 3.63) is 52.9 Å². The number of aromatic nitrogens is 1. The standard InChI is InChI=1S/C13H9ClFN3O2/c14-9-2-1-3-10(15)12(9)13(20)18-8-4-5-16-11(6-8)17-7-19/h1-7H,(H2,16,17,18,19,20). The summed E-state index contributed by atoms with van der Waals surface area (Å²) in [5.74, 6) is -1.14. The van der Waals surface area contributed by atoms with Crippen molar-refractivity contribution < 1.29 is 14.0 Å². The highest BCUT2D eigenvalue weighted by Gasteiger charge is 2.15. The summed E-state index contributed by atoms with van der Waals surface area (Å²) in [4.78, 5) is 26.1. The van der Waals surface area contributed by atoms with Gasteiger partial charge in [-0.15, -0.1) is 0 Å². The van der Waals surface area contributed by atoms with Gasteiger partial charge in [-0.05, 0) is 18.2 Å². The normalized spacial score (nSPS) is 9.90. The van der Waals surface area contributed by atoms with Crippen molar-refractivity contribution in [3.8, 4) is 0 Å². The zero-order valence-electron chi connectivity index (χ0n) is 10.1. The number of amides is 2. The molecule has 0 atom stereocenters. The second-order valence-electron chi connectivity index (χ2n) is 3.74. The lowest BCUT2D eigenvalue weighted by Crippen LogP contribution is -2.14. The van der Waals surface area contributed by atoms with E-state index in [4.69, 9.17) is 11.6 Å². The van der Waals surface area contributed by atoms with Gasteiger partial charge in [-0.1, -0.05) is 17.7 Å². The second-order valence-corrected chi connectivity index (χ2v) is 4.15. The summed E-state index contributed by atoms with van der Waals surface area (Å²) in [6.45, 7) is 0. The van der Waals surface area contributed by atoms with E-state index in [1.807, 2.05) is 0 Å². The Morgan fingerprint density at radius 1 is 1.35 bits per heavy atom. The number of hydrogen-bond acceptors (Lipinski definition) is 3. The van der Waals surface area contributed by atoms with E-state index >= 15 is 0 Å².